The molecule has 1 heterocycles. The van der Waals surface area contributed by atoms with Gasteiger partial charge in [0.2, 0.25) is 10.0 Å². The molecule has 1 aromatic carbocycles. The lowest BCUT2D eigenvalue weighted by atomic mass is 9.93. The molecule has 2 rings (SSSR count). The Morgan fingerprint density at radius 2 is 2.19 bits per heavy atom. The number of methoxy groups -OCH3 is 1. The molecular formula is C14H21ClN2O3S. The average molecular weight is 333 g/mol. The van der Waals surface area contributed by atoms with E-state index in [-0.39, 0.29) is 22.6 Å². The van der Waals surface area contributed by atoms with E-state index in [1.165, 1.54) is 23.5 Å². The third kappa shape index (κ3) is 3.51. The standard InChI is InChI=1S/C14H21ClN2O3S/c1-10(16)11-4-3-7-17(9-11)21(18,19)14-6-5-12(15)8-13(14)20-2/h5-6,8,10-11H,3-4,7,9,16H2,1-2H3. The Bertz CT molecular complexity index is 604. The number of hydrogen-bond donors (Lipinski definition) is 1. The zero-order valence-corrected chi connectivity index (χ0v) is 13.8. The molecule has 0 radical (unpaired) electrons. The van der Waals surface area contributed by atoms with Crippen molar-refractivity contribution < 1.29 is 13.2 Å². The molecule has 1 aliphatic rings. The monoisotopic (exact) mass is 332 g/mol. The first-order valence-electron chi connectivity index (χ1n) is 6.95. The molecule has 1 aliphatic heterocycles. The maximum Gasteiger partial charge on any atom is 0.246 e. The van der Waals surface area contributed by atoms with Crippen LogP contribution in [-0.2, 0) is 10.0 Å². The van der Waals surface area contributed by atoms with Crippen molar-refractivity contribution in [2.75, 3.05) is 20.2 Å². The number of benzene rings is 1. The van der Waals surface area contributed by atoms with E-state index in [2.05, 4.69) is 0 Å². The summed E-state index contributed by atoms with van der Waals surface area (Å²) in [6, 6.07) is 4.55. The first-order valence-corrected chi connectivity index (χ1v) is 8.77. The van der Waals surface area contributed by atoms with E-state index in [0.29, 0.717) is 18.1 Å². The van der Waals surface area contributed by atoms with Crippen LogP contribution < -0.4 is 10.5 Å². The molecule has 118 valence electrons. The van der Waals surface area contributed by atoms with Crippen LogP contribution in [0, 0.1) is 5.92 Å². The molecule has 1 saturated heterocycles. The zero-order valence-electron chi connectivity index (χ0n) is 12.3. The van der Waals surface area contributed by atoms with E-state index in [0.717, 1.165) is 12.8 Å². The van der Waals surface area contributed by atoms with Gasteiger partial charge >= 0.3 is 0 Å². The van der Waals surface area contributed by atoms with Crippen LogP contribution in [0.15, 0.2) is 23.1 Å². The van der Waals surface area contributed by atoms with Gasteiger partial charge in [-0.1, -0.05) is 11.6 Å². The van der Waals surface area contributed by atoms with Gasteiger partial charge in [0, 0.05) is 30.2 Å². The van der Waals surface area contributed by atoms with E-state index in [1.807, 2.05) is 6.92 Å². The molecule has 0 aliphatic carbocycles. The van der Waals surface area contributed by atoms with Gasteiger partial charge in [-0.05, 0) is 37.8 Å². The number of nitrogens with zero attached hydrogens (tertiary/aromatic N) is 1. The number of hydrogen-bond acceptors (Lipinski definition) is 4. The summed E-state index contributed by atoms with van der Waals surface area (Å²) >= 11 is 5.89. The molecule has 0 saturated carbocycles. The molecule has 5 nitrogen and oxygen atoms in total. The summed E-state index contributed by atoms with van der Waals surface area (Å²) in [6.45, 7) is 2.88. The lowest BCUT2D eigenvalue weighted by molar-refractivity contribution is 0.242. The maximum atomic E-state index is 12.8. The molecule has 2 N–H and O–H groups in total. The molecule has 7 heteroatoms. The Labute approximate surface area is 131 Å². The predicted octanol–water partition coefficient (Wildman–Crippen LogP) is 2.10. The van der Waals surface area contributed by atoms with E-state index < -0.39 is 10.0 Å². The minimum atomic E-state index is -3.59. The van der Waals surface area contributed by atoms with E-state index in [4.69, 9.17) is 22.1 Å². The van der Waals surface area contributed by atoms with Gasteiger partial charge in [0.1, 0.15) is 10.6 Å². The van der Waals surface area contributed by atoms with Gasteiger partial charge in [-0.3, -0.25) is 0 Å². The van der Waals surface area contributed by atoms with Crippen LogP contribution >= 0.6 is 11.6 Å². The minimum absolute atomic E-state index is 0.0184. The fourth-order valence-corrected chi connectivity index (χ4v) is 4.45. The molecule has 2 unspecified atom stereocenters. The number of halogens is 1. The summed E-state index contributed by atoms with van der Waals surface area (Å²) in [5.74, 6) is 0.456. The molecule has 1 aromatic rings. The molecule has 2 atom stereocenters. The first-order chi connectivity index (χ1) is 9.86. The topological polar surface area (TPSA) is 72.6 Å². The van der Waals surface area contributed by atoms with Crippen molar-refractivity contribution in [2.45, 2.75) is 30.7 Å². The highest BCUT2D eigenvalue weighted by atomic mass is 35.5. The van der Waals surface area contributed by atoms with Gasteiger partial charge in [-0.15, -0.1) is 0 Å². The third-order valence-electron chi connectivity index (χ3n) is 3.91. The van der Waals surface area contributed by atoms with Gasteiger partial charge in [-0.25, -0.2) is 8.42 Å². The second-order valence-electron chi connectivity index (χ2n) is 5.42. The summed E-state index contributed by atoms with van der Waals surface area (Å²) in [4.78, 5) is 0.153. The zero-order chi connectivity index (χ0) is 15.6. The largest absolute Gasteiger partial charge is 0.495 e. The summed E-state index contributed by atoms with van der Waals surface area (Å²) < 4.78 is 32.3. The molecule has 1 fully saturated rings. The van der Waals surface area contributed by atoms with Gasteiger partial charge in [0.15, 0.2) is 0 Å². The Kier molecular flexibility index (Phi) is 5.14. The molecular weight excluding hydrogens is 312 g/mol. The van der Waals surface area contributed by atoms with E-state index in [1.54, 1.807) is 6.07 Å². The van der Waals surface area contributed by atoms with Crippen LogP contribution in [0.1, 0.15) is 19.8 Å². The van der Waals surface area contributed by atoms with Crippen LogP contribution in [-0.4, -0.2) is 39.0 Å². The lowest BCUT2D eigenvalue weighted by Crippen LogP contribution is -2.45. The predicted molar refractivity (Wildman–Crippen MR) is 83.1 cm³/mol. The average Bonchev–Trinajstić information content (AvgIpc) is 2.46. The summed E-state index contributed by atoms with van der Waals surface area (Å²) in [5.41, 5.74) is 5.92. The minimum Gasteiger partial charge on any atom is -0.495 e. The quantitative estimate of drug-likeness (QED) is 0.916. The number of nitrogens with two attached hydrogens (primary N) is 1. The van der Waals surface area contributed by atoms with Crippen molar-refractivity contribution in [3.8, 4) is 5.75 Å². The fourth-order valence-electron chi connectivity index (χ4n) is 2.62. The Morgan fingerprint density at radius 1 is 1.48 bits per heavy atom. The van der Waals surface area contributed by atoms with Gasteiger partial charge in [0.25, 0.3) is 0 Å². The summed E-state index contributed by atoms with van der Waals surface area (Å²) in [5, 5.41) is 0.443. The highest BCUT2D eigenvalue weighted by Gasteiger charge is 2.33. The molecule has 21 heavy (non-hydrogen) atoms. The Morgan fingerprint density at radius 3 is 2.81 bits per heavy atom. The number of sulfonamides is 1. The lowest BCUT2D eigenvalue weighted by Gasteiger charge is -2.34. The van der Waals surface area contributed by atoms with Crippen LogP contribution in [0.4, 0.5) is 0 Å². The second kappa shape index (κ2) is 6.52. The summed E-state index contributed by atoms with van der Waals surface area (Å²) in [7, 11) is -2.16. The van der Waals surface area contributed by atoms with Crippen molar-refractivity contribution in [1.82, 2.24) is 4.31 Å². The van der Waals surface area contributed by atoms with Gasteiger partial charge < -0.3 is 10.5 Å². The summed E-state index contributed by atoms with van der Waals surface area (Å²) in [6.07, 6.45) is 1.78. The van der Waals surface area contributed by atoms with Crippen molar-refractivity contribution in [3.63, 3.8) is 0 Å². The number of rotatable bonds is 4. The van der Waals surface area contributed by atoms with Crippen molar-refractivity contribution in [3.05, 3.63) is 23.2 Å². The first kappa shape index (κ1) is 16.5. The van der Waals surface area contributed by atoms with Crippen molar-refractivity contribution >= 4 is 21.6 Å². The van der Waals surface area contributed by atoms with E-state index >= 15 is 0 Å². The SMILES string of the molecule is COc1cc(Cl)ccc1S(=O)(=O)N1CCCC(C(C)N)C1. The molecule has 0 aromatic heterocycles. The second-order valence-corrected chi connectivity index (χ2v) is 7.76. The van der Waals surface area contributed by atoms with Crippen LogP contribution in [0.25, 0.3) is 0 Å². The van der Waals surface area contributed by atoms with Crippen molar-refractivity contribution in [2.24, 2.45) is 11.7 Å². The smallest absolute Gasteiger partial charge is 0.246 e. The highest BCUT2D eigenvalue weighted by molar-refractivity contribution is 7.89. The van der Waals surface area contributed by atoms with E-state index in [9.17, 15) is 8.42 Å². The van der Waals surface area contributed by atoms with Crippen LogP contribution in [0.5, 0.6) is 5.75 Å². The number of piperidine rings is 1. The Balaban J connectivity index is 2.33. The fraction of sp³-hybridized carbons (Fsp3) is 0.571. The Hall–Kier alpha value is -0.820. The highest BCUT2D eigenvalue weighted by Crippen LogP contribution is 2.32. The normalized spacial score (nSPS) is 22.0. The number of ether oxygens (including phenoxy) is 1. The van der Waals surface area contributed by atoms with Gasteiger partial charge in [-0.2, -0.15) is 4.31 Å². The van der Waals surface area contributed by atoms with Crippen LogP contribution in [0.3, 0.4) is 0 Å². The van der Waals surface area contributed by atoms with Gasteiger partial charge in [0.05, 0.1) is 7.11 Å². The molecule has 0 bridgehead atoms. The molecule has 0 spiro atoms. The van der Waals surface area contributed by atoms with Crippen molar-refractivity contribution in [1.29, 1.82) is 0 Å². The third-order valence-corrected chi connectivity index (χ3v) is 6.05. The van der Waals surface area contributed by atoms with Crippen LogP contribution in [0.2, 0.25) is 5.02 Å². The maximum absolute atomic E-state index is 12.8. The molecule has 0 amide bonds.